The third-order valence-corrected chi connectivity index (χ3v) is 4.27. The van der Waals surface area contributed by atoms with Crippen LogP contribution in [0.3, 0.4) is 0 Å². The number of hydrogen-bond acceptors (Lipinski definition) is 5. The van der Waals surface area contributed by atoms with Gasteiger partial charge in [-0.1, -0.05) is 18.7 Å². The lowest BCUT2D eigenvalue weighted by Gasteiger charge is -2.20. The fourth-order valence-electron chi connectivity index (χ4n) is 1.71. The Kier molecular flexibility index (Phi) is 4.03. The van der Waals surface area contributed by atoms with Crippen molar-refractivity contribution in [3.63, 3.8) is 0 Å². The summed E-state index contributed by atoms with van der Waals surface area (Å²) in [7, 11) is 3.79. The number of nitrogens with zero attached hydrogens (tertiary/aromatic N) is 5. The minimum atomic E-state index is 0.0656. The third kappa shape index (κ3) is 2.73. The standard InChI is InChI=1S/C11H18N6S/c1-4-9(12)10(8-5-14-16(2)6-8)18-11-13-7-15-17(11)3/h5-7,9-10H,4,12H2,1-3H3. The molecular weight excluding hydrogens is 248 g/mol. The number of nitrogens with two attached hydrogens (primary N) is 1. The topological polar surface area (TPSA) is 74.6 Å². The molecule has 0 spiro atoms. The molecule has 0 radical (unpaired) electrons. The van der Waals surface area contributed by atoms with Gasteiger partial charge in [-0.05, 0) is 6.42 Å². The Morgan fingerprint density at radius 1 is 1.39 bits per heavy atom. The van der Waals surface area contributed by atoms with Crippen molar-refractivity contribution in [1.82, 2.24) is 24.5 Å². The van der Waals surface area contributed by atoms with Crippen molar-refractivity contribution in [3.8, 4) is 0 Å². The van der Waals surface area contributed by atoms with Crippen molar-refractivity contribution < 1.29 is 0 Å². The van der Waals surface area contributed by atoms with Crippen molar-refractivity contribution in [2.75, 3.05) is 0 Å². The third-order valence-electron chi connectivity index (χ3n) is 2.82. The second-order valence-corrected chi connectivity index (χ2v) is 5.33. The molecule has 18 heavy (non-hydrogen) atoms. The number of rotatable bonds is 5. The minimum Gasteiger partial charge on any atom is -0.326 e. The van der Waals surface area contributed by atoms with Crippen LogP contribution in [0.15, 0.2) is 23.9 Å². The van der Waals surface area contributed by atoms with Crippen molar-refractivity contribution in [1.29, 1.82) is 0 Å². The van der Waals surface area contributed by atoms with Crippen molar-refractivity contribution >= 4 is 11.8 Å². The number of aromatic nitrogens is 5. The molecule has 2 unspecified atom stereocenters. The molecule has 2 N–H and O–H groups in total. The first-order valence-corrected chi connectivity index (χ1v) is 6.74. The fourth-order valence-corrected chi connectivity index (χ4v) is 2.87. The van der Waals surface area contributed by atoms with Gasteiger partial charge in [-0.2, -0.15) is 10.2 Å². The van der Waals surface area contributed by atoms with E-state index in [4.69, 9.17) is 5.73 Å². The molecule has 2 aromatic rings. The average Bonchev–Trinajstić information content (AvgIpc) is 2.94. The molecule has 0 fully saturated rings. The Bertz CT molecular complexity index is 505. The molecule has 0 saturated carbocycles. The van der Waals surface area contributed by atoms with E-state index in [1.54, 1.807) is 27.5 Å². The molecule has 0 aliphatic rings. The maximum Gasteiger partial charge on any atom is 0.186 e. The van der Waals surface area contributed by atoms with Crippen LogP contribution in [0.5, 0.6) is 0 Å². The molecule has 0 saturated heterocycles. The maximum absolute atomic E-state index is 6.21. The zero-order valence-corrected chi connectivity index (χ0v) is 11.6. The molecule has 6 nitrogen and oxygen atoms in total. The minimum absolute atomic E-state index is 0.0656. The van der Waals surface area contributed by atoms with Crippen LogP contribution < -0.4 is 5.73 Å². The highest BCUT2D eigenvalue weighted by molar-refractivity contribution is 7.99. The van der Waals surface area contributed by atoms with Gasteiger partial charge in [-0.3, -0.25) is 4.68 Å². The van der Waals surface area contributed by atoms with Crippen LogP contribution in [-0.4, -0.2) is 30.6 Å². The van der Waals surface area contributed by atoms with Gasteiger partial charge >= 0.3 is 0 Å². The summed E-state index contributed by atoms with van der Waals surface area (Å²) in [5.74, 6) is 0. The van der Waals surface area contributed by atoms with Gasteiger partial charge in [0.1, 0.15) is 6.33 Å². The molecule has 2 atom stereocenters. The quantitative estimate of drug-likeness (QED) is 0.821. The van der Waals surface area contributed by atoms with Gasteiger partial charge in [0.2, 0.25) is 0 Å². The van der Waals surface area contributed by atoms with Crippen LogP contribution in [0.4, 0.5) is 0 Å². The van der Waals surface area contributed by atoms with E-state index in [0.29, 0.717) is 0 Å². The predicted molar refractivity (Wildman–Crippen MR) is 71.1 cm³/mol. The molecule has 2 aromatic heterocycles. The summed E-state index contributed by atoms with van der Waals surface area (Å²) in [5.41, 5.74) is 7.33. The summed E-state index contributed by atoms with van der Waals surface area (Å²) in [4.78, 5) is 4.24. The summed E-state index contributed by atoms with van der Waals surface area (Å²) < 4.78 is 3.55. The summed E-state index contributed by atoms with van der Waals surface area (Å²) in [6.07, 6.45) is 6.33. The van der Waals surface area contributed by atoms with Crippen LogP contribution in [-0.2, 0) is 14.1 Å². The van der Waals surface area contributed by atoms with Gasteiger partial charge in [0.15, 0.2) is 5.16 Å². The lowest BCUT2D eigenvalue weighted by molar-refractivity contribution is 0.625. The van der Waals surface area contributed by atoms with E-state index in [9.17, 15) is 0 Å². The predicted octanol–water partition coefficient (Wildman–Crippen LogP) is 1.12. The van der Waals surface area contributed by atoms with Gasteiger partial charge in [-0.25, -0.2) is 9.67 Å². The zero-order valence-electron chi connectivity index (χ0n) is 10.8. The highest BCUT2D eigenvalue weighted by atomic mass is 32.2. The molecule has 0 aromatic carbocycles. The van der Waals surface area contributed by atoms with Crippen LogP contribution in [0.25, 0.3) is 0 Å². The lowest BCUT2D eigenvalue weighted by Crippen LogP contribution is -2.25. The van der Waals surface area contributed by atoms with E-state index in [1.807, 2.05) is 26.5 Å². The molecule has 0 amide bonds. The first-order valence-electron chi connectivity index (χ1n) is 5.86. The Balaban J connectivity index is 2.23. The van der Waals surface area contributed by atoms with Crippen LogP contribution >= 0.6 is 11.8 Å². The first-order chi connectivity index (χ1) is 8.61. The summed E-state index contributed by atoms with van der Waals surface area (Å²) in [5, 5.41) is 9.30. The lowest BCUT2D eigenvalue weighted by atomic mass is 10.1. The number of thioether (sulfide) groups is 1. The van der Waals surface area contributed by atoms with Crippen LogP contribution in [0.1, 0.15) is 24.2 Å². The molecule has 0 bridgehead atoms. The van der Waals surface area contributed by atoms with Gasteiger partial charge in [0.25, 0.3) is 0 Å². The maximum atomic E-state index is 6.21. The Hall–Kier alpha value is -1.34. The zero-order chi connectivity index (χ0) is 13.1. The van der Waals surface area contributed by atoms with Crippen molar-refractivity contribution in [3.05, 3.63) is 24.3 Å². The van der Waals surface area contributed by atoms with Gasteiger partial charge in [0.05, 0.1) is 11.4 Å². The average molecular weight is 266 g/mol. The van der Waals surface area contributed by atoms with Crippen molar-refractivity contribution in [2.24, 2.45) is 19.8 Å². The Labute approximate surface area is 111 Å². The normalized spacial score (nSPS) is 14.7. The SMILES string of the molecule is CCC(N)C(Sc1ncnn1C)c1cnn(C)c1. The summed E-state index contributed by atoms with van der Waals surface area (Å²) in [6, 6.07) is 0.0656. The monoisotopic (exact) mass is 266 g/mol. The number of aryl methyl sites for hydroxylation is 2. The van der Waals surface area contributed by atoms with Crippen LogP contribution in [0.2, 0.25) is 0 Å². The Morgan fingerprint density at radius 2 is 2.17 bits per heavy atom. The molecule has 98 valence electrons. The second kappa shape index (κ2) is 5.53. The highest BCUT2D eigenvalue weighted by Gasteiger charge is 2.23. The fraction of sp³-hybridized carbons (Fsp3) is 0.545. The first kappa shape index (κ1) is 13.1. The molecule has 2 rings (SSSR count). The molecule has 0 aliphatic carbocycles. The van der Waals surface area contributed by atoms with Gasteiger partial charge < -0.3 is 5.73 Å². The van der Waals surface area contributed by atoms with Gasteiger partial charge in [0, 0.05) is 31.9 Å². The molecule has 0 aliphatic heterocycles. The molecule has 2 heterocycles. The second-order valence-electron chi connectivity index (χ2n) is 4.22. The van der Waals surface area contributed by atoms with Crippen LogP contribution in [0, 0.1) is 0 Å². The smallest absolute Gasteiger partial charge is 0.186 e. The van der Waals surface area contributed by atoms with E-state index < -0.39 is 0 Å². The highest BCUT2D eigenvalue weighted by Crippen LogP contribution is 2.36. The van der Waals surface area contributed by atoms with E-state index in [1.165, 1.54) is 0 Å². The molecular formula is C11H18N6S. The van der Waals surface area contributed by atoms with Gasteiger partial charge in [-0.15, -0.1) is 0 Å². The van der Waals surface area contributed by atoms with Crippen molar-refractivity contribution in [2.45, 2.75) is 29.8 Å². The largest absolute Gasteiger partial charge is 0.326 e. The number of hydrogen-bond donors (Lipinski definition) is 1. The van der Waals surface area contributed by atoms with E-state index in [-0.39, 0.29) is 11.3 Å². The van der Waals surface area contributed by atoms with E-state index in [0.717, 1.165) is 17.1 Å². The molecule has 7 heteroatoms. The summed E-state index contributed by atoms with van der Waals surface area (Å²) >= 11 is 1.63. The Morgan fingerprint density at radius 3 is 2.67 bits per heavy atom. The van der Waals surface area contributed by atoms with E-state index in [2.05, 4.69) is 22.1 Å². The summed E-state index contributed by atoms with van der Waals surface area (Å²) in [6.45, 7) is 2.09. The van der Waals surface area contributed by atoms with E-state index >= 15 is 0 Å².